The summed E-state index contributed by atoms with van der Waals surface area (Å²) in [6, 6.07) is 15.7. The van der Waals surface area contributed by atoms with Gasteiger partial charge < -0.3 is 10.6 Å². The molecular formula is C18H21BrN2O. The van der Waals surface area contributed by atoms with Crippen LogP contribution in [0.15, 0.2) is 53.0 Å². The molecule has 3 nitrogen and oxygen atoms in total. The molecule has 2 amide bonds. The number of benzene rings is 2. The van der Waals surface area contributed by atoms with Crippen molar-refractivity contribution in [3.63, 3.8) is 0 Å². The molecule has 0 aliphatic rings. The summed E-state index contributed by atoms with van der Waals surface area (Å²) in [7, 11) is 0. The maximum Gasteiger partial charge on any atom is 0.319 e. The number of amides is 2. The van der Waals surface area contributed by atoms with E-state index in [-0.39, 0.29) is 11.4 Å². The van der Waals surface area contributed by atoms with Gasteiger partial charge in [-0.25, -0.2) is 4.79 Å². The third-order valence-electron chi connectivity index (χ3n) is 3.68. The Bertz CT molecular complexity index is 653. The molecule has 0 fully saturated rings. The van der Waals surface area contributed by atoms with Crippen LogP contribution in [0, 0.1) is 6.92 Å². The fraction of sp³-hybridized carbons (Fsp3) is 0.278. The lowest BCUT2D eigenvalue weighted by Crippen LogP contribution is -2.38. The monoisotopic (exact) mass is 360 g/mol. The smallest absolute Gasteiger partial charge is 0.319 e. The Morgan fingerprint density at radius 2 is 1.82 bits per heavy atom. The van der Waals surface area contributed by atoms with Crippen LogP contribution in [0.1, 0.15) is 25.0 Å². The van der Waals surface area contributed by atoms with Crippen molar-refractivity contribution in [1.82, 2.24) is 5.32 Å². The van der Waals surface area contributed by atoms with E-state index >= 15 is 0 Å². The molecule has 0 saturated heterocycles. The van der Waals surface area contributed by atoms with Crippen molar-refractivity contribution in [2.45, 2.75) is 26.2 Å². The maximum atomic E-state index is 12.0. The first kappa shape index (κ1) is 16.6. The number of rotatable bonds is 4. The second-order valence-corrected chi connectivity index (χ2v) is 6.88. The summed E-state index contributed by atoms with van der Waals surface area (Å²) in [5, 5.41) is 5.79. The third kappa shape index (κ3) is 4.34. The molecule has 0 atom stereocenters. The number of carbonyl (C=O) groups is 1. The normalized spacial score (nSPS) is 11.1. The molecule has 0 spiro atoms. The van der Waals surface area contributed by atoms with Gasteiger partial charge in [-0.3, -0.25) is 0 Å². The largest absolute Gasteiger partial charge is 0.337 e. The summed E-state index contributed by atoms with van der Waals surface area (Å²) in [5.41, 5.74) is 2.99. The van der Waals surface area contributed by atoms with Crippen LogP contribution in [0.2, 0.25) is 0 Å². The molecule has 2 aromatic carbocycles. The van der Waals surface area contributed by atoms with Crippen molar-refractivity contribution < 1.29 is 4.79 Å². The van der Waals surface area contributed by atoms with E-state index in [1.54, 1.807) is 0 Å². The van der Waals surface area contributed by atoms with Crippen LogP contribution >= 0.6 is 15.9 Å². The quantitative estimate of drug-likeness (QED) is 0.803. The van der Waals surface area contributed by atoms with Crippen molar-refractivity contribution in [1.29, 1.82) is 0 Å². The minimum Gasteiger partial charge on any atom is -0.337 e. The summed E-state index contributed by atoms with van der Waals surface area (Å²) in [6.45, 7) is 6.81. The molecule has 2 N–H and O–H groups in total. The van der Waals surface area contributed by atoms with Gasteiger partial charge in [-0.1, -0.05) is 66.2 Å². The molecule has 0 aliphatic heterocycles. The second kappa shape index (κ2) is 6.97. The van der Waals surface area contributed by atoms with Crippen LogP contribution < -0.4 is 10.6 Å². The van der Waals surface area contributed by atoms with E-state index in [2.05, 4.69) is 52.5 Å². The molecule has 0 radical (unpaired) electrons. The number of urea groups is 1. The predicted molar refractivity (Wildman–Crippen MR) is 95.4 cm³/mol. The highest BCUT2D eigenvalue weighted by Gasteiger charge is 2.21. The van der Waals surface area contributed by atoms with Crippen LogP contribution in [0.25, 0.3) is 0 Å². The number of anilines is 1. The number of halogens is 1. The molecule has 0 bridgehead atoms. The molecule has 2 rings (SSSR count). The van der Waals surface area contributed by atoms with Gasteiger partial charge >= 0.3 is 6.03 Å². The minimum atomic E-state index is -0.195. The second-order valence-electron chi connectivity index (χ2n) is 6.02. The first-order chi connectivity index (χ1) is 10.4. The Labute approximate surface area is 140 Å². The van der Waals surface area contributed by atoms with E-state index in [1.165, 1.54) is 5.56 Å². The minimum absolute atomic E-state index is 0.119. The molecule has 0 aliphatic carbocycles. The summed E-state index contributed by atoms with van der Waals surface area (Å²) in [4.78, 5) is 12.0. The van der Waals surface area contributed by atoms with Crippen LogP contribution in [-0.4, -0.2) is 12.6 Å². The topological polar surface area (TPSA) is 41.1 Å². The van der Waals surface area contributed by atoms with Crippen molar-refractivity contribution in [2.75, 3.05) is 11.9 Å². The van der Waals surface area contributed by atoms with Crippen LogP contribution in [-0.2, 0) is 5.41 Å². The fourth-order valence-electron chi connectivity index (χ4n) is 2.14. The van der Waals surface area contributed by atoms with Crippen molar-refractivity contribution in [3.05, 3.63) is 64.1 Å². The lowest BCUT2D eigenvalue weighted by atomic mass is 9.85. The van der Waals surface area contributed by atoms with E-state index < -0.39 is 0 Å². The van der Waals surface area contributed by atoms with Gasteiger partial charge in [-0.05, 0) is 30.2 Å². The van der Waals surface area contributed by atoms with Gasteiger partial charge in [0.25, 0.3) is 0 Å². The summed E-state index contributed by atoms with van der Waals surface area (Å²) in [5.74, 6) is 0. The van der Waals surface area contributed by atoms with Crippen molar-refractivity contribution in [2.24, 2.45) is 0 Å². The van der Waals surface area contributed by atoms with E-state index in [4.69, 9.17) is 0 Å². The Balaban J connectivity index is 1.93. The maximum absolute atomic E-state index is 12.0. The highest BCUT2D eigenvalue weighted by molar-refractivity contribution is 9.10. The standard InChI is InChI=1S/C18H21BrN2O/c1-13-9-10-15(11-16(13)19)21-17(22)20-12-18(2,3)14-7-5-4-6-8-14/h4-11H,12H2,1-3H3,(H2,20,21,22). The fourth-order valence-corrected chi connectivity index (χ4v) is 2.52. The number of hydrogen-bond donors (Lipinski definition) is 2. The van der Waals surface area contributed by atoms with Gasteiger partial charge in [0.05, 0.1) is 0 Å². The number of aryl methyl sites for hydroxylation is 1. The first-order valence-electron chi connectivity index (χ1n) is 7.25. The number of nitrogens with one attached hydrogen (secondary N) is 2. The number of carbonyl (C=O) groups excluding carboxylic acids is 1. The zero-order chi connectivity index (χ0) is 16.2. The Hall–Kier alpha value is -1.81. The molecular weight excluding hydrogens is 340 g/mol. The lowest BCUT2D eigenvalue weighted by Gasteiger charge is -2.25. The lowest BCUT2D eigenvalue weighted by molar-refractivity contribution is 0.249. The molecule has 4 heteroatoms. The molecule has 2 aromatic rings. The molecule has 0 unspecified atom stereocenters. The van der Waals surface area contributed by atoms with Gasteiger partial charge in [0.1, 0.15) is 0 Å². The van der Waals surface area contributed by atoms with E-state index in [9.17, 15) is 4.79 Å². The van der Waals surface area contributed by atoms with Crippen LogP contribution in [0.3, 0.4) is 0 Å². The average molecular weight is 361 g/mol. The summed E-state index contributed by atoms with van der Waals surface area (Å²) in [6.07, 6.45) is 0. The van der Waals surface area contributed by atoms with Gasteiger partial charge in [-0.15, -0.1) is 0 Å². The van der Waals surface area contributed by atoms with Gasteiger partial charge in [0.2, 0.25) is 0 Å². The van der Waals surface area contributed by atoms with Gasteiger partial charge in [0, 0.05) is 22.1 Å². The highest BCUT2D eigenvalue weighted by Crippen LogP contribution is 2.22. The van der Waals surface area contributed by atoms with Crippen LogP contribution in [0.4, 0.5) is 10.5 Å². The molecule has 0 saturated carbocycles. The van der Waals surface area contributed by atoms with E-state index in [0.29, 0.717) is 6.54 Å². The SMILES string of the molecule is Cc1ccc(NC(=O)NCC(C)(C)c2ccccc2)cc1Br. The molecule has 116 valence electrons. The third-order valence-corrected chi connectivity index (χ3v) is 4.53. The first-order valence-corrected chi connectivity index (χ1v) is 8.04. The average Bonchev–Trinajstić information content (AvgIpc) is 2.50. The van der Waals surface area contributed by atoms with Gasteiger partial charge in [0.15, 0.2) is 0 Å². The van der Waals surface area contributed by atoms with Crippen molar-refractivity contribution >= 4 is 27.6 Å². The Kier molecular flexibility index (Phi) is 5.24. The summed E-state index contributed by atoms with van der Waals surface area (Å²) >= 11 is 3.47. The van der Waals surface area contributed by atoms with Gasteiger partial charge in [-0.2, -0.15) is 0 Å². The summed E-state index contributed by atoms with van der Waals surface area (Å²) < 4.78 is 0.981. The van der Waals surface area contributed by atoms with Crippen molar-refractivity contribution in [3.8, 4) is 0 Å². The Morgan fingerprint density at radius 1 is 1.14 bits per heavy atom. The zero-order valence-corrected chi connectivity index (χ0v) is 14.7. The highest BCUT2D eigenvalue weighted by atomic mass is 79.9. The molecule has 22 heavy (non-hydrogen) atoms. The van der Waals surface area contributed by atoms with E-state index in [0.717, 1.165) is 15.7 Å². The predicted octanol–water partition coefficient (Wildman–Crippen LogP) is 4.86. The number of hydrogen-bond acceptors (Lipinski definition) is 1. The van der Waals surface area contributed by atoms with E-state index in [1.807, 2.05) is 43.3 Å². The zero-order valence-electron chi connectivity index (χ0n) is 13.1. The molecule has 0 aromatic heterocycles. The van der Waals surface area contributed by atoms with Crippen LogP contribution in [0.5, 0.6) is 0 Å². The molecule has 0 heterocycles. The Morgan fingerprint density at radius 3 is 2.45 bits per heavy atom.